The molecule has 0 aliphatic carbocycles. The third-order valence-electron chi connectivity index (χ3n) is 3.02. The molecule has 0 aromatic heterocycles. The van der Waals surface area contributed by atoms with Crippen LogP contribution in [-0.2, 0) is 6.54 Å². The maximum Gasteiger partial charge on any atom is 0.0361 e. The van der Waals surface area contributed by atoms with Crippen molar-refractivity contribution in [1.29, 1.82) is 0 Å². The summed E-state index contributed by atoms with van der Waals surface area (Å²) in [6, 6.07) is 8.76. The summed E-state index contributed by atoms with van der Waals surface area (Å²) in [5.41, 5.74) is 2.84. The summed E-state index contributed by atoms with van der Waals surface area (Å²) in [4.78, 5) is 4.48. The highest BCUT2D eigenvalue weighted by molar-refractivity contribution is 5.45. The number of nitrogens with zero attached hydrogens (tertiary/aromatic N) is 2. The van der Waals surface area contributed by atoms with Crippen LogP contribution in [0.3, 0.4) is 0 Å². The Morgan fingerprint density at radius 1 is 0.938 bits per heavy atom. The Labute approximate surface area is 99.9 Å². The van der Waals surface area contributed by atoms with E-state index in [1.165, 1.54) is 11.3 Å². The zero-order valence-electron chi connectivity index (χ0n) is 11.4. The van der Waals surface area contributed by atoms with E-state index >= 15 is 0 Å². The molecule has 1 aromatic carbocycles. The molecular formula is C14H24N2. The second kappa shape index (κ2) is 4.88. The second-order valence-electron chi connectivity index (χ2n) is 5.59. The minimum atomic E-state index is 0.222. The van der Waals surface area contributed by atoms with Crippen molar-refractivity contribution in [2.45, 2.75) is 32.9 Å². The Morgan fingerprint density at radius 3 is 1.81 bits per heavy atom. The summed E-state index contributed by atoms with van der Waals surface area (Å²) in [7, 11) is 6.30. The van der Waals surface area contributed by atoms with E-state index in [-0.39, 0.29) is 5.54 Å². The maximum atomic E-state index is 2.36. The van der Waals surface area contributed by atoms with Gasteiger partial charge in [-0.3, -0.25) is 4.90 Å². The van der Waals surface area contributed by atoms with Gasteiger partial charge in [0.2, 0.25) is 0 Å². The molecule has 16 heavy (non-hydrogen) atoms. The quantitative estimate of drug-likeness (QED) is 0.772. The van der Waals surface area contributed by atoms with Crippen molar-refractivity contribution in [2.75, 3.05) is 26.0 Å². The first-order valence-corrected chi connectivity index (χ1v) is 5.78. The number of benzene rings is 1. The van der Waals surface area contributed by atoms with Crippen molar-refractivity contribution < 1.29 is 0 Å². The molecule has 2 nitrogen and oxygen atoms in total. The van der Waals surface area contributed by atoms with Gasteiger partial charge in [-0.1, -0.05) is 12.1 Å². The van der Waals surface area contributed by atoms with Gasteiger partial charge in [-0.05, 0) is 45.5 Å². The van der Waals surface area contributed by atoms with Crippen LogP contribution in [0, 0.1) is 0 Å². The molecule has 1 rings (SSSR count). The third kappa shape index (κ3) is 3.53. The smallest absolute Gasteiger partial charge is 0.0361 e. The maximum absolute atomic E-state index is 2.36. The summed E-state index contributed by atoms with van der Waals surface area (Å²) in [6.45, 7) is 7.71. The Bertz CT molecular complexity index is 320. The Kier molecular flexibility index (Phi) is 3.98. The SMILES string of the molecule is CN(C)c1ccc(CN(C)C(C)(C)C)cc1. The predicted octanol–water partition coefficient (Wildman–Crippen LogP) is 2.98. The molecule has 0 heterocycles. The molecule has 1 aromatic rings. The lowest BCUT2D eigenvalue weighted by atomic mass is 10.1. The van der Waals surface area contributed by atoms with Gasteiger partial charge in [-0.25, -0.2) is 0 Å². The molecule has 0 fully saturated rings. The van der Waals surface area contributed by atoms with Crippen molar-refractivity contribution >= 4 is 5.69 Å². The summed E-state index contributed by atoms with van der Waals surface area (Å²) in [6.07, 6.45) is 0. The summed E-state index contributed by atoms with van der Waals surface area (Å²) in [5.74, 6) is 0. The van der Waals surface area contributed by atoms with Crippen LogP contribution in [0.2, 0.25) is 0 Å². The van der Waals surface area contributed by atoms with Crippen LogP contribution in [0.5, 0.6) is 0 Å². The van der Waals surface area contributed by atoms with Crippen LogP contribution in [0.1, 0.15) is 26.3 Å². The van der Waals surface area contributed by atoms with E-state index in [0.29, 0.717) is 0 Å². The molecule has 0 radical (unpaired) electrons. The summed E-state index contributed by atoms with van der Waals surface area (Å²) >= 11 is 0. The van der Waals surface area contributed by atoms with E-state index in [1.807, 2.05) is 0 Å². The van der Waals surface area contributed by atoms with Crippen LogP contribution in [0.4, 0.5) is 5.69 Å². The topological polar surface area (TPSA) is 6.48 Å². The fourth-order valence-electron chi connectivity index (χ4n) is 1.41. The van der Waals surface area contributed by atoms with Gasteiger partial charge in [0.15, 0.2) is 0 Å². The molecule has 2 heteroatoms. The Morgan fingerprint density at radius 2 is 1.44 bits per heavy atom. The fourth-order valence-corrected chi connectivity index (χ4v) is 1.41. The first kappa shape index (κ1) is 13.0. The van der Waals surface area contributed by atoms with Gasteiger partial charge in [-0.15, -0.1) is 0 Å². The van der Waals surface area contributed by atoms with Gasteiger partial charge in [-0.2, -0.15) is 0 Å². The zero-order chi connectivity index (χ0) is 12.3. The number of rotatable bonds is 3. The summed E-state index contributed by atoms with van der Waals surface area (Å²) in [5, 5.41) is 0. The average Bonchev–Trinajstić information content (AvgIpc) is 2.17. The zero-order valence-corrected chi connectivity index (χ0v) is 11.4. The molecule has 0 N–H and O–H groups in total. The van der Waals surface area contributed by atoms with Crippen LogP contribution in [0.25, 0.3) is 0 Å². The number of hydrogen-bond acceptors (Lipinski definition) is 2. The molecule has 0 unspecified atom stereocenters. The van der Waals surface area contributed by atoms with Gasteiger partial charge >= 0.3 is 0 Å². The molecule has 0 bridgehead atoms. The molecule has 0 saturated heterocycles. The summed E-state index contributed by atoms with van der Waals surface area (Å²) < 4.78 is 0. The Balaban J connectivity index is 2.69. The van der Waals surface area contributed by atoms with Gasteiger partial charge in [0, 0.05) is 31.9 Å². The first-order valence-electron chi connectivity index (χ1n) is 5.78. The van der Waals surface area contributed by atoms with Crippen LogP contribution in [-0.4, -0.2) is 31.6 Å². The molecule has 0 spiro atoms. The largest absolute Gasteiger partial charge is 0.378 e. The highest BCUT2D eigenvalue weighted by Gasteiger charge is 2.16. The molecule has 0 saturated carbocycles. The van der Waals surface area contributed by atoms with Crippen molar-refractivity contribution in [3.8, 4) is 0 Å². The first-order chi connectivity index (χ1) is 7.30. The van der Waals surface area contributed by atoms with Crippen molar-refractivity contribution in [2.24, 2.45) is 0 Å². The van der Waals surface area contributed by atoms with Crippen molar-refractivity contribution in [1.82, 2.24) is 4.90 Å². The lowest BCUT2D eigenvalue weighted by Gasteiger charge is -2.32. The Hall–Kier alpha value is -1.02. The highest BCUT2D eigenvalue weighted by atomic mass is 15.2. The average molecular weight is 220 g/mol. The third-order valence-corrected chi connectivity index (χ3v) is 3.02. The van der Waals surface area contributed by atoms with Gasteiger partial charge in [0.25, 0.3) is 0 Å². The standard InChI is InChI=1S/C14H24N2/c1-14(2,3)16(6)11-12-7-9-13(10-8-12)15(4)5/h7-10H,11H2,1-6H3. The lowest BCUT2D eigenvalue weighted by molar-refractivity contribution is 0.167. The molecule has 0 aliphatic rings. The van der Waals surface area contributed by atoms with Crippen LogP contribution < -0.4 is 4.90 Å². The van der Waals surface area contributed by atoms with Gasteiger partial charge in [0.1, 0.15) is 0 Å². The van der Waals surface area contributed by atoms with E-state index in [4.69, 9.17) is 0 Å². The van der Waals surface area contributed by atoms with E-state index < -0.39 is 0 Å². The van der Waals surface area contributed by atoms with Gasteiger partial charge < -0.3 is 4.90 Å². The van der Waals surface area contributed by atoms with Crippen LogP contribution >= 0.6 is 0 Å². The van der Waals surface area contributed by atoms with Crippen molar-refractivity contribution in [3.63, 3.8) is 0 Å². The van der Waals surface area contributed by atoms with Crippen molar-refractivity contribution in [3.05, 3.63) is 29.8 Å². The molecule has 0 aliphatic heterocycles. The van der Waals surface area contributed by atoms with E-state index in [0.717, 1.165) is 6.54 Å². The van der Waals surface area contributed by atoms with Crippen LogP contribution in [0.15, 0.2) is 24.3 Å². The second-order valence-corrected chi connectivity index (χ2v) is 5.59. The van der Waals surface area contributed by atoms with E-state index in [9.17, 15) is 0 Å². The minimum Gasteiger partial charge on any atom is -0.378 e. The monoisotopic (exact) mass is 220 g/mol. The van der Waals surface area contributed by atoms with E-state index in [1.54, 1.807) is 0 Å². The highest BCUT2D eigenvalue weighted by Crippen LogP contribution is 2.17. The molecule has 0 amide bonds. The molecular weight excluding hydrogens is 196 g/mol. The number of anilines is 1. The molecule has 90 valence electrons. The fraction of sp³-hybridized carbons (Fsp3) is 0.571. The van der Waals surface area contributed by atoms with E-state index in [2.05, 4.69) is 76.0 Å². The number of hydrogen-bond donors (Lipinski definition) is 0. The molecule has 0 atom stereocenters. The van der Waals surface area contributed by atoms with Gasteiger partial charge in [0.05, 0.1) is 0 Å². The minimum absolute atomic E-state index is 0.222. The normalized spacial score (nSPS) is 11.9. The predicted molar refractivity (Wildman–Crippen MR) is 72.0 cm³/mol. The lowest BCUT2D eigenvalue weighted by Crippen LogP contribution is -2.37.